The number of aromatic nitrogens is 2. The van der Waals surface area contributed by atoms with Gasteiger partial charge in [-0.15, -0.1) is 0 Å². The summed E-state index contributed by atoms with van der Waals surface area (Å²) in [5.41, 5.74) is 6.97. The van der Waals surface area contributed by atoms with E-state index in [0.29, 0.717) is 5.65 Å². The number of carbonyl (C=O) groups is 1. The van der Waals surface area contributed by atoms with Crippen LogP contribution in [-0.2, 0) is 0 Å². The van der Waals surface area contributed by atoms with Crippen LogP contribution in [0.5, 0.6) is 11.5 Å². The Morgan fingerprint density at radius 3 is 2.67 bits per heavy atom. The smallest absolute Gasteiger partial charge is 0.339 e. The Balaban J connectivity index is 1.22. The molecule has 1 aliphatic carbocycles. The van der Waals surface area contributed by atoms with E-state index >= 15 is 0 Å². The van der Waals surface area contributed by atoms with Crippen LogP contribution in [0.1, 0.15) is 61.0 Å². The van der Waals surface area contributed by atoms with Crippen molar-refractivity contribution in [3.63, 3.8) is 0 Å². The number of ether oxygens (including phenoxy) is 1. The molecule has 0 saturated carbocycles. The Kier molecular flexibility index (Phi) is 7.64. The zero-order valence-corrected chi connectivity index (χ0v) is 24.5. The van der Waals surface area contributed by atoms with Crippen molar-refractivity contribution in [2.24, 2.45) is 5.41 Å². The maximum Gasteiger partial charge on any atom is 0.339 e. The first-order valence-corrected chi connectivity index (χ1v) is 14.6. The normalized spacial score (nSPS) is 17.4. The summed E-state index contributed by atoms with van der Waals surface area (Å²) in [6.07, 6.45) is 9.05. The molecule has 0 fully saturated rings. The summed E-state index contributed by atoms with van der Waals surface area (Å²) in [5, 5.41) is 10.8. The van der Waals surface area contributed by atoms with Crippen molar-refractivity contribution in [1.82, 2.24) is 14.9 Å². The molecule has 42 heavy (non-hydrogen) atoms. The number of benzene rings is 2. The second-order valence-corrected chi connectivity index (χ2v) is 12.4. The molecule has 0 radical (unpaired) electrons. The molecular weight excluding hydrogens is 553 g/mol. The number of allylic oxidation sites excluding steroid dienone is 1. The number of carboxylic acids is 1. The largest absolute Gasteiger partial charge is 0.478 e. The minimum Gasteiger partial charge on any atom is -0.478 e. The molecule has 2 aromatic heterocycles. The van der Waals surface area contributed by atoms with E-state index in [1.807, 2.05) is 18.2 Å². The highest BCUT2D eigenvalue weighted by Gasteiger charge is 2.29. The lowest BCUT2D eigenvalue weighted by atomic mass is 9.72. The van der Waals surface area contributed by atoms with E-state index in [4.69, 9.17) is 16.3 Å². The van der Waals surface area contributed by atoms with Crippen LogP contribution in [-0.4, -0.2) is 45.6 Å². The molecule has 6 nitrogen and oxygen atoms in total. The lowest BCUT2D eigenvalue weighted by Gasteiger charge is -2.36. The number of nitrogens with one attached hydrogen (secondary N) is 1. The second-order valence-electron chi connectivity index (χ2n) is 12.0. The Bertz CT molecular complexity index is 1720. The molecule has 0 spiro atoms. The lowest BCUT2D eigenvalue weighted by molar-refractivity contribution is 0.0694. The number of rotatable bonds is 7. The van der Waals surface area contributed by atoms with Gasteiger partial charge in [0.2, 0.25) is 0 Å². The predicted octanol–water partition coefficient (Wildman–Crippen LogP) is 8.60. The predicted molar refractivity (Wildman–Crippen MR) is 165 cm³/mol. The van der Waals surface area contributed by atoms with Crippen LogP contribution in [0.2, 0.25) is 5.02 Å². The van der Waals surface area contributed by atoms with Gasteiger partial charge in [0.25, 0.3) is 0 Å². The van der Waals surface area contributed by atoms with Crippen molar-refractivity contribution >= 4 is 39.7 Å². The maximum absolute atomic E-state index is 14.1. The van der Waals surface area contributed by atoms with E-state index in [9.17, 15) is 14.3 Å². The van der Waals surface area contributed by atoms with Gasteiger partial charge in [0, 0.05) is 30.9 Å². The van der Waals surface area contributed by atoms with E-state index in [-0.39, 0.29) is 27.9 Å². The van der Waals surface area contributed by atoms with Gasteiger partial charge in [-0.25, -0.2) is 14.2 Å². The number of aromatic carboxylic acids is 1. The van der Waals surface area contributed by atoms with Gasteiger partial charge < -0.3 is 14.8 Å². The summed E-state index contributed by atoms with van der Waals surface area (Å²) in [6, 6.07) is 14.9. The topological polar surface area (TPSA) is 78.5 Å². The summed E-state index contributed by atoms with van der Waals surface area (Å²) in [6.45, 7) is 7.32. The van der Waals surface area contributed by atoms with Crippen LogP contribution < -0.4 is 4.74 Å². The van der Waals surface area contributed by atoms with Crippen molar-refractivity contribution < 1.29 is 19.0 Å². The summed E-state index contributed by atoms with van der Waals surface area (Å²) in [4.78, 5) is 21.4. The molecule has 8 heteroatoms. The standard InChI is InChI=1S/C34H33ClFN3O3/c1-34(2)12-9-24(29(17-34)22-3-6-25(35)7-4-22)20-39-13-10-21(11-14-39)23-5-8-27(33(40)41)31(15-23)42-26-16-28-30(36)19-38-32(28)37-18-26/h3-8,10,15-16,18-19H,9,11-14,17,20H2,1-2H3,(H,37,38)(H,40,41). The molecule has 216 valence electrons. The summed E-state index contributed by atoms with van der Waals surface area (Å²) in [5.74, 6) is -1.07. The molecule has 0 atom stereocenters. The monoisotopic (exact) mass is 585 g/mol. The molecule has 1 aliphatic heterocycles. The highest BCUT2D eigenvalue weighted by Crippen LogP contribution is 2.43. The Morgan fingerprint density at radius 1 is 1.14 bits per heavy atom. The fourth-order valence-electron chi connectivity index (χ4n) is 5.97. The van der Waals surface area contributed by atoms with Gasteiger partial charge in [-0.2, -0.15) is 0 Å². The molecule has 6 rings (SSSR count). The summed E-state index contributed by atoms with van der Waals surface area (Å²) in [7, 11) is 0. The van der Waals surface area contributed by atoms with Gasteiger partial charge >= 0.3 is 5.97 Å². The van der Waals surface area contributed by atoms with E-state index in [1.54, 1.807) is 12.1 Å². The Morgan fingerprint density at radius 2 is 1.93 bits per heavy atom. The number of hydrogen-bond acceptors (Lipinski definition) is 4. The molecule has 3 heterocycles. The number of hydrogen-bond donors (Lipinski definition) is 2. The highest BCUT2D eigenvalue weighted by molar-refractivity contribution is 6.30. The number of carboxylic acid groups (broad SMARTS) is 1. The fourth-order valence-corrected chi connectivity index (χ4v) is 6.09. The lowest BCUT2D eigenvalue weighted by Crippen LogP contribution is -2.32. The maximum atomic E-state index is 14.1. The molecule has 0 saturated heterocycles. The number of H-pyrrole nitrogens is 1. The SMILES string of the molecule is CC1(C)CCC(CN2CC=C(c3ccc(C(=O)O)c(Oc4cnc5[nH]cc(F)c5c4)c3)CC2)=C(c2ccc(Cl)cc2)C1. The average molecular weight is 586 g/mol. The summed E-state index contributed by atoms with van der Waals surface area (Å²) < 4.78 is 20.0. The highest BCUT2D eigenvalue weighted by atomic mass is 35.5. The van der Waals surface area contributed by atoms with Crippen molar-refractivity contribution in [2.45, 2.75) is 39.5 Å². The molecule has 2 aliphatic rings. The zero-order valence-electron chi connectivity index (χ0n) is 23.7. The minimum absolute atomic E-state index is 0.0355. The molecule has 0 unspecified atom stereocenters. The van der Waals surface area contributed by atoms with Crippen molar-refractivity contribution in [3.8, 4) is 11.5 Å². The van der Waals surface area contributed by atoms with E-state index in [0.717, 1.165) is 55.1 Å². The molecule has 4 aromatic rings. The van der Waals surface area contributed by atoms with Crippen LogP contribution in [0.4, 0.5) is 4.39 Å². The number of aromatic amines is 1. The minimum atomic E-state index is -1.09. The van der Waals surface area contributed by atoms with Crippen molar-refractivity contribution in [3.05, 3.63) is 100 Å². The number of nitrogens with zero attached hydrogens (tertiary/aromatic N) is 2. The molecule has 2 N–H and O–H groups in total. The van der Waals surface area contributed by atoms with Crippen LogP contribution in [0.3, 0.4) is 0 Å². The third-order valence-corrected chi connectivity index (χ3v) is 8.60. The van der Waals surface area contributed by atoms with Gasteiger partial charge in [0.1, 0.15) is 28.5 Å². The first-order chi connectivity index (χ1) is 20.1. The first-order valence-electron chi connectivity index (χ1n) is 14.2. The Hall–Kier alpha value is -3.94. The molecule has 0 amide bonds. The van der Waals surface area contributed by atoms with E-state index < -0.39 is 11.8 Å². The zero-order chi connectivity index (χ0) is 29.4. The van der Waals surface area contributed by atoms with Crippen LogP contribution in [0.15, 0.2) is 72.6 Å². The number of fused-ring (bicyclic) bond motifs is 1. The van der Waals surface area contributed by atoms with Gasteiger partial charge in [-0.05, 0) is 83.7 Å². The van der Waals surface area contributed by atoms with Crippen LogP contribution >= 0.6 is 11.6 Å². The van der Waals surface area contributed by atoms with Crippen LogP contribution in [0.25, 0.3) is 22.2 Å². The third kappa shape index (κ3) is 5.98. The van der Waals surface area contributed by atoms with Crippen LogP contribution in [0, 0.1) is 11.2 Å². The Labute approximate surface area is 249 Å². The molecule has 0 bridgehead atoms. The summed E-state index contributed by atoms with van der Waals surface area (Å²) >= 11 is 6.17. The first kappa shape index (κ1) is 28.2. The molecular formula is C34H33ClFN3O3. The molecule has 2 aromatic carbocycles. The van der Waals surface area contributed by atoms with Gasteiger partial charge in [-0.1, -0.05) is 55.3 Å². The van der Waals surface area contributed by atoms with E-state index in [2.05, 4.69) is 46.9 Å². The number of pyridine rings is 1. The van der Waals surface area contributed by atoms with Crippen molar-refractivity contribution in [2.75, 3.05) is 19.6 Å². The van der Waals surface area contributed by atoms with Gasteiger partial charge in [-0.3, -0.25) is 4.90 Å². The van der Waals surface area contributed by atoms with Crippen molar-refractivity contribution in [1.29, 1.82) is 0 Å². The second kappa shape index (κ2) is 11.4. The third-order valence-electron chi connectivity index (χ3n) is 8.35. The van der Waals surface area contributed by atoms with Gasteiger partial charge in [0.05, 0.1) is 11.6 Å². The quantitative estimate of drug-likeness (QED) is 0.227. The van der Waals surface area contributed by atoms with Gasteiger partial charge in [0.15, 0.2) is 0 Å². The fraction of sp³-hybridized carbons (Fsp3) is 0.294. The van der Waals surface area contributed by atoms with E-state index in [1.165, 1.54) is 41.6 Å². The average Bonchev–Trinajstić information content (AvgIpc) is 3.34. The number of halogens is 2.